The zero-order chi connectivity index (χ0) is 13.9. The number of halogens is 2. The molecule has 1 aromatic carbocycles. The quantitative estimate of drug-likeness (QED) is 0.887. The molecule has 0 radical (unpaired) electrons. The molecule has 1 saturated carbocycles. The molecule has 1 fully saturated rings. The van der Waals surface area contributed by atoms with Crippen LogP contribution in [-0.4, -0.2) is 17.3 Å². The minimum absolute atomic E-state index is 0.137. The van der Waals surface area contributed by atoms with Crippen LogP contribution in [0.1, 0.15) is 38.2 Å². The molecule has 1 aromatic rings. The fourth-order valence-corrected chi connectivity index (χ4v) is 2.89. The van der Waals surface area contributed by atoms with Gasteiger partial charge in [-0.1, -0.05) is 24.6 Å². The molecule has 2 N–H and O–H groups in total. The molecule has 0 aliphatic heterocycles. The van der Waals surface area contributed by atoms with E-state index in [4.69, 9.17) is 11.6 Å². The van der Waals surface area contributed by atoms with Crippen molar-refractivity contribution in [1.29, 1.82) is 0 Å². The molecule has 4 heteroatoms. The Hall–Kier alpha value is -0.640. The first-order valence-electron chi connectivity index (χ1n) is 6.84. The largest absolute Gasteiger partial charge is 0.394 e. The zero-order valence-electron chi connectivity index (χ0n) is 11.3. The highest BCUT2D eigenvalue weighted by atomic mass is 35.5. The topological polar surface area (TPSA) is 32.3 Å². The molecule has 19 heavy (non-hydrogen) atoms. The summed E-state index contributed by atoms with van der Waals surface area (Å²) in [5, 5.41) is 13.5. The standard InChI is InChI=1S/C15H21ClFNO/c1-11-4-6-15(10-19,7-5-11)18-9-12-2-3-13(17)8-14(12)16/h2-3,8,11,18-19H,4-7,9-10H2,1H3. The van der Waals surface area contributed by atoms with Gasteiger partial charge >= 0.3 is 0 Å². The minimum Gasteiger partial charge on any atom is -0.394 e. The normalized spacial score (nSPS) is 27.5. The Bertz CT molecular complexity index is 430. The third kappa shape index (κ3) is 3.68. The van der Waals surface area contributed by atoms with Crippen LogP contribution in [0, 0.1) is 11.7 Å². The van der Waals surface area contributed by atoms with E-state index in [0.717, 1.165) is 37.2 Å². The summed E-state index contributed by atoms with van der Waals surface area (Å²) in [7, 11) is 0. The fourth-order valence-electron chi connectivity index (χ4n) is 2.65. The van der Waals surface area contributed by atoms with E-state index < -0.39 is 0 Å². The molecule has 0 heterocycles. The van der Waals surface area contributed by atoms with Gasteiger partial charge in [-0.2, -0.15) is 0 Å². The van der Waals surface area contributed by atoms with E-state index in [1.54, 1.807) is 6.07 Å². The van der Waals surface area contributed by atoms with Gasteiger partial charge in [0.15, 0.2) is 0 Å². The summed E-state index contributed by atoms with van der Waals surface area (Å²) in [5.41, 5.74) is 0.666. The van der Waals surface area contributed by atoms with Gasteiger partial charge in [-0.25, -0.2) is 4.39 Å². The molecule has 0 aromatic heterocycles. The Labute approximate surface area is 119 Å². The van der Waals surface area contributed by atoms with Crippen molar-refractivity contribution in [1.82, 2.24) is 5.32 Å². The molecule has 0 atom stereocenters. The maximum atomic E-state index is 13.0. The van der Waals surface area contributed by atoms with Gasteiger partial charge in [-0.15, -0.1) is 0 Å². The molecule has 0 saturated heterocycles. The predicted molar refractivity (Wildman–Crippen MR) is 75.7 cm³/mol. The van der Waals surface area contributed by atoms with Crippen LogP contribution in [0.25, 0.3) is 0 Å². The van der Waals surface area contributed by atoms with Crippen molar-refractivity contribution in [3.63, 3.8) is 0 Å². The molecule has 1 aliphatic carbocycles. The van der Waals surface area contributed by atoms with E-state index in [0.29, 0.717) is 11.6 Å². The highest BCUT2D eigenvalue weighted by molar-refractivity contribution is 6.31. The van der Waals surface area contributed by atoms with Gasteiger partial charge in [0.2, 0.25) is 0 Å². The second-order valence-corrected chi connectivity index (χ2v) is 6.12. The highest BCUT2D eigenvalue weighted by Gasteiger charge is 2.33. The van der Waals surface area contributed by atoms with Crippen LogP contribution in [0.2, 0.25) is 5.02 Å². The molecule has 2 nitrogen and oxygen atoms in total. The Balaban J connectivity index is 2.00. The Morgan fingerprint density at radius 3 is 2.68 bits per heavy atom. The molecule has 2 rings (SSSR count). The van der Waals surface area contributed by atoms with Crippen LogP contribution >= 0.6 is 11.6 Å². The number of aliphatic hydroxyl groups is 1. The molecule has 0 bridgehead atoms. The van der Waals surface area contributed by atoms with Crippen LogP contribution < -0.4 is 5.32 Å². The molecule has 0 unspecified atom stereocenters. The number of rotatable bonds is 4. The van der Waals surface area contributed by atoms with E-state index in [-0.39, 0.29) is 18.0 Å². The highest BCUT2D eigenvalue weighted by Crippen LogP contribution is 2.32. The lowest BCUT2D eigenvalue weighted by atomic mass is 9.77. The smallest absolute Gasteiger partial charge is 0.124 e. The van der Waals surface area contributed by atoms with Crippen LogP contribution in [0.3, 0.4) is 0 Å². The predicted octanol–water partition coefficient (Wildman–Crippen LogP) is 3.51. The second kappa shape index (κ2) is 6.21. The SMILES string of the molecule is CC1CCC(CO)(NCc2ccc(F)cc2Cl)CC1. The van der Waals surface area contributed by atoms with Crippen LogP contribution in [0.4, 0.5) is 4.39 Å². The summed E-state index contributed by atoms with van der Waals surface area (Å²) in [6.07, 6.45) is 4.21. The number of aliphatic hydroxyl groups excluding tert-OH is 1. The van der Waals surface area contributed by atoms with Crippen molar-refractivity contribution in [2.24, 2.45) is 5.92 Å². The number of benzene rings is 1. The monoisotopic (exact) mass is 285 g/mol. The molecular formula is C15H21ClFNO. The summed E-state index contributed by atoms with van der Waals surface area (Å²) in [5.74, 6) is 0.410. The summed E-state index contributed by atoms with van der Waals surface area (Å²) in [6.45, 7) is 2.95. The van der Waals surface area contributed by atoms with Crippen molar-refractivity contribution < 1.29 is 9.50 Å². The van der Waals surface area contributed by atoms with E-state index in [2.05, 4.69) is 12.2 Å². The van der Waals surface area contributed by atoms with Gasteiger partial charge in [-0.05, 0) is 49.3 Å². The van der Waals surface area contributed by atoms with E-state index in [1.807, 2.05) is 0 Å². The number of hydrogen-bond donors (Lipinski definition) is 2. The third-order valence-corrected chi connectivity index (χ3v) is 4.55. The van der Waals surface area contributed by atoms with Gasteiger partial charge in [0.25, 0.3) is 0 Å². The summed E-state index contributed by atoms with van der Waals surface area (Å²) < 4.78 is 13.0. The van der Waals surface area contributed by atoms with E-state index in [1.165, 1.54) is 12.1 Å². The molecule has 1 aliphatic rings. The second-order valence-electron chi connectivity index (χ2n) is 5.71. The first-order valence-corrected chi connectivity index (χ1v) is 7.22. The van der Waals surface area contributed by atoms with Crippen LogP contribution in [0.5, 0.6) is 0 Å². The van der Waals surface area contributed by atoms with Gasteiger partial charge < -0.3 is 10.4 Å². The average molecular weight is 286 g/mol. The maximum Gasteiger partial charge on any atom is 0.124 e. The van der Waals surface area contributed by atoms with E-state index >= 15 is 0 Å². The molecule has 0 amide bonds. The van der Waals surface area contributed by atoms with Gasteiger partial charge in [0.1, 0.15) is 5.82 Å². The van der Waals surface area contributed by atoms with Crippen LogP contribution in [0.15, 0.2) is 18.2 Å². The first-order chi connectivity index (χ1) is 9.04. The van der Waals surface area contributed by atoms with Gasteiger partial charge in [0, 0.05) is 17.1 Å². The van der Waals surface area contributed by atoms with Crippen LogP contribution in [-0.2, 0) is 6.54 Å². The minimum atomic E-state index is -0.322. The van der Waals surface area contributed by atoms with Gasteiger partial charge in [-0.3, -0.25) is 0 Å². The van der Waals surface area contributed by atoms with E-state index in [9.17, 15) is 9.50 Å². The van der Waals surface area contributed by atoms with Gasteiger partial charge in [0.05, 0.1) is 6.61 Å². The molecule has 106 valence electrons. The Morgan fingerprint density at radius 2 is 2.11 bits per heavy atom. The lowest BCUT2D eigenvalue weighted by Crippen LogP contribution is -2.50. The third-order valence-electron chi connectivity index (χ3n) is 4.20. The average Bonchev–Trinajstić information content (AvgIpc) is 2.40. The van der Waals surface area contributed by atoms with Crippen molar-refractivity contribution in [3.8, 4) is 0 Å². The fraction of sp³-hybridized carbons (Fsp3) is 0.600. The Kier molecular flexibility index (Phi) is 4.82. The first kappa shape index (κ1) is 14.8. The maximum absolute atomic E-state index is 13.0. The summed E-state index contributed by atoms with van der Waals surface area (Å²) in [4.78, 5) is 0. The molecular weight excluding hydrogens is 265 g/mol. The summed E-state index contributed by atoms with van der Waals surface area (Å²) >= 11 is 6.02. The zero-order valence-corrected chi connectivity index (χ0v) is 12.0. The Morgan fingerprint density at radius 1 is 1.42 bits per heavy atom. The number of hydrogen-bond acceptors (Lipinski definition) is 2. The molecule has 0 spiro atoms. The van der Waals surface area contributed by atoms with Crippen molar-refractivity contribution in [2.45, 2.75) is 44.7 Å². The number of nitrogens with one attached hydrogen (secondary N) is 1. The van der Waals surface area contributed by atoms with Crippen molar-refractivity contribution in [3.05, 3.63) is 34.6 Å². The van der Waals surface area contributed by atoms with Crippen molar-refractivity contribution in [2.75, 3.05) is 6.61 Å². The lowest BCUT2D eigenvalue weighted by Gasteiger charge is -2.39. The lowest BCUT2D eigenvalue weighted by molar-refractivity contribution is 0.104. The summed E-state index contributed by atoms with van der Waals surface area (Å²) in [6, 6.07) is 4.44. The van der Waals surface area contributed by atoms with Crippen molar-refractivity contribution >= 4 is 11.6 Å².